The van der Waals surface area contributed by atoms with Crippen LogP contribution in [0.4, 0.5) is 13.2 Å². The number of benzene rings is 2. The van der Waals surface area contributed by atoms with E-state index in [4.69, 9.17) is 9.47 Å². The Hall–Kier alpha value is -3.10. The summed E-state index contributed by atoms with van der Waals surface area (Å²) in [6, 6.07) is 15.1. The fourth-order valence-corrected chi connectivity index (χ4v) is 4.85. The molecule has 1 spiro atoms. The van der Waals surface area contributed by atoms with Crippen molar-refractivity contribution in [2.45, 2.75) is 30.7 Å². The molecule has 3 aromatic rings. The summed E-state index contributed by atoms with van der Waals surface area (Å²) in [5, 5.41) is 3.59. The van der Waals surface area contributed by atoms with Crippen molar-refractivity contribution in [2.24, 2.45) is 0 Å². The third-order valence-electron chi connectivity index (χ3n) is 6.33. The van der Waals surface area contributed by atoms with E-state index >= 15 is 0 Å². The van der Waals surface area contributed by atoms with Crippen LogP contribution in [0.15, 0.2) is 67.0 Å². The Balaban J connectivity index is 1.56. The van der Waals surface area contributed by atoms with E-state index in [0.29, 0.717) is 23.6 Å². The molecule has 33 heavy (non-hydrogen) atoms. The number of ether oxygens (including phenoxy) is 2. The number of aromatic nitrogens is 2. The van der Waals surface area contributed by atoms with Gasteiger partial charge in [0, 0.05) is 23.6 Å². The minimum atomic E-state index is -4.56. The molecule has 0 radical (unpaired) electrons. The summed E-state index contributed by atoms with van der Waals surface area (Å²) in [5.41, 5.74) is 2.59. The molecule has 1 aromatic heterocycles. The largest absolute Gasteiger partial charge is 0.496 e. The summed E-state index contributed by atoms with van der Waals surface area (Å²) < 4.78 is 53.2. The van der Waals surface area contributed by atoms with Crippen molar-refractivity contribution in [3.05, 3.63) is 84.0 Å². The number of piperidine rings is 1. The van der Waals surface area contributed by atoms with Gasteiger partial charge in [-0.05, 0) is 54.8 Å². The second kappa shape index (κ2) is 8.35. The maximum absolute atomic E-state index is 13.4. The molecule has 2 aromatic carbocycles. The normalized spacial score (nSPS) is 23.0. The quantitative estimate of drug-likeness (QED) is 0.589. The summed E-state index contributed by atoms with van der Waals surface area (Å²) in [6.45, 7) is 1.24. The van der Waals surface area contributed by atoms with E-state index in [1.807, 2.05) is 18.2 Å². The number of methoxy groups -OCH3 is 1. The lowest BCUT2D eigenvalue weighted by Crippen LogP contribution is -2.47. The van der Waals surface area contributed by atoms with Crippen molar-refractivity contribution in [1.29, 1.82) is 0 Å². The van der Waals surface area contributed by atoms with E-state index in [-0.39, 0.29) is 6.04 Å². The van der Waals surface area contributed by atoms with Crippen LogP contribution in [0.3, 0.4) is 0 Å². The average Bonchev–Trinajstić information content (AvgIpc) is 3.48. The van der Waals surface area contributed by atoms with Gasteiger partial charge in [-0.15, -0.1) is 0 Å². The van der Waals surface area contributed by atoms with Crippen LogP contribution in [0, 0.1) is 0 Å². The first-order valence-electron chi connectivity index (χ1n) is 10.8. The Morgan fingerprint density at radius 3 is 2.76 bits per heavy atom. The highest BCUT2D eigenvalue weighted by molar-refractivity contribution is 5.75. The van der Waals surface area contributed by atoms with Gasteiger partial charge < -0.3 is 14.8 Å². The Bertz CT molecular complexity index is 1170. The number of imidazole rings is 1. The molecule has 1 fully saturated rings. The van der Waals surface area contributed by atoms with Crippen LogP contribution in [0.25, 0.3) is 11.3 Å². The van der Waals surface area contributed by atoms with Gasteiger partial charge in [0.15, 0.2) is 0 Å². The molecule has 0 unspecified atom stereocenters. The van der Waals surface area contributed by atoms with Gasteiger partial charge in [-0.25, -0.2) is 4.98 Å². The SMILES string of the molecule is COc1ccc(-n2ccnc2C(F)(F)F)cc1C1=C[C@@]2(CCCN[C@H]2c2ccccc2)OC1. The molecule has 0 amide bonds. The van der Waals surface area contributed by atoms with E-state index in [0.717, 1.165) is 41.3 Å². The van der Waals surface area contributed by atoms with Crippen molar-refractivity contribution in [3.8, 4) is 11.4 Å². The Morgan fingerprint density at radius 2 is 2.00 bits per heavy atom. The number of nitrogens with one attached hydrogen (secondary N) is 1. The fourth-order valence-electron chi connectivity index (χ4n) is 4.85. The predicted molar refractivity (Wildman–Crippen MR) is 118 cm³/mol. The zero-order valence-corrected chi connectivity index (χ0v) is 18.1. The van der Waals surface area contributed by atoms with Gasteiger partial charge in [-0.3, -0.25) is 4.57 Å². The molecule has 0 saturated carbocycles. The highest BCUT2D eigenvalue weighted by Crippen LogP contribution is 2.45. The Labute approximate surface area is 189 Å². The zero-order valence-electron chi connectivity index (χ0n) is 18.1. The number of hydrogen-bond acceptors (Lipinski definition) is 4. The van der Waals surface area contributed by atoms with Gasteiger partial charge in [-0.2, -0.15) is 13.2 Å². The lowest BCUT2D eigenvalue weighted by Gasteiger charge is -2.40. The number of alkyl halides is 3. The monoisotopic (exact) mass is 455 g/mol. The lowest BCUT2D eigenvalue weighted by molar-refractivity contribution is -0.145. The third-order valence-corrected chi connectivity index (χ3v) is 6.33. The molecule has 5 rings (SSSR count). The zero-order chi connectivity index (χ0) is 23.1. The standard InChI is InChI=1S/C25H24F3N3O2/c1-32-21-9-8-19(31-13-12-30-23(31)25(26,27)28)14-20(21)18-15-24(33-16-18)10-5-11-29-22(24)17-6-3-2-4-7-17/h2-4,6-9,12-15,22,29H,5,10-11,16H2,1H3/t22-,24+/m0/s1. The smallest absolute Gasteiger partial charge is 0.450 e. The van der Waals surface area contributed by atoms with Crippen molar-refractivity contribution in [2.75, 3.05) is 20.3 Å². The number of nitrogens with zero attached hydrogens (tertiary/aromatic N) is 2. The average molecular weight is 455 g/mol. The number of halogens is 3. The molecule has 2 atom stereocenters. The highest BCUT2D eigenvalue weighted by Gasteiger charge is 2.45. The van der Waals surface area contributed by atoms with Crippen molar-refractivity contribution in [3.63, 3.8) is 0 Å². The maximum atomic E-state index is 13.4. The van der Waals surface area contributed by atoms with Gasteiger partial charge >= 0.3 is 6.18 Å². The van der Waals surface area contributed by atoms with Crippen LogP contribution >= 0.6 is 0 Å². The first-order valence-corrected chi connectivity index (χ1v) is 10.8. The van der Waals surface area contributed by atoms with Gasteiger partial charge in [0.2, 0.25) is 5.82 Å². The third kappa shape index (κ3) is 3.94. The summed E-state index contributed by atoms with van der Waals surface area (Å²) in [4.78, 5) is 3.50. The van der Waals surface area contributed by atoms with Crippen molar-refractivity contribution >= 4 is 5.57 Å². The van der Waals surface area contributed by atoms with Gasteiger partial charge in [0.25, 0.3) is 0 Å². The number of rotatable bonds is 4. The minimum Gasteiger partial charge on any atom is -0.496 e. The van der Waals surface area contributed by atoms with Crippen LogP contribution < -0.4 is 10.1 Å². The summed E-state index contributed by atoms with van der Waals surface area (Å²) in [5.74, 6) is -0.383. The van der Waals surface area contributed by atoms with Crippen LogP contribution in [-0.4, -0.2) is 35.4 Å². The first kappa shape index (κ1) is 21.7. The topological polar surface area (TPSA) is 48.3 Å². The Kier molecular flexibility index (Phi) is 5.50. The van der Waals surface area contributed by atoms with E-state index in [2.05, 4.69) is 28.5 Å². The molecule has 2 aliphatic heterocycles. The molecule has 3 heterocycles. The second-order valence-electron chi connectivity index (χ2n) is 8.32. The van der Waals surface area contributed by atoms with E-state index < -0.39 is 17.6 Å². The summed E-state index contributed by atoms with van der Waals surface area (Å²) in [7, 11) is 1.55. The molecule has 5 nitrogen and oxygen atoms in total. The molecule has 8 heteroatoms. The molecule has 0 aliphatic carbocycles. The fraction of sp³-hybridized carbons (Fsp3) is 0.320. The van der Waals surface area contributed by atoms with Crippen LogP contribution in [0.5, 0.6) is 5.75 Å². The molecular formula is C25H24F3N3O2. The molecule has 2 aliphatic rings. The van der Waals surface area contributed by atoms with Crippen LogP contribution in [-0.2, 0) is 10.9 Å². The predicted octanol–water partition coefficient (Wildman–Crippen LogP) is 5.18. The maximum Gasteiger partial charge on any atom is 0.450 e. The molecular weight excluding hydrogens is 431 g/mol. The van der Waals surface area contributed by atoms with E-state index in [1.165, 1.54) is 6.20 Å². The van der Waals surface area contributed by atoms with Crippen molar-refractivity contribution < 1.29 is 22.6 Å². The second-order valence-corrected chi connectivity index (χ2v) is 8.32. The van der Waals surface area contributed by atoms with E-state index in [1.54, 1.807) is 25.3 Å². The number of hydrogen-bond donors (Lipinski definition) is 1. The van der Waals surface area contributed by atoms with E-state index in [9.17, 15) is 13.2 Å². The van der Waals surface area contributed by atoms with Gasteiger partial charge in [0.1, 0.15) is 11.4 Å². The van der Waals surface area contributed by atoms with Crippen LogP contribution in [0.2, 0.25) is 0 Å². The van der Waals surface area contributed by atoms with Crippen molar-refractivity contribution in [1.82, 2.24) is 14.9 Å². The van der Waals surface area contributed by atoms with Gasteiger partial charge in [0.05, 0.1) is 19.8 Å². The lowest BCUT2D eigenvalue weighted by atomic mass is 9.81. The van der Waals surface area contributed by atoms with Crippen LogP contribution in [0.1, 0.15) is 35.8 Å². The molecule has 0 bridgehead atoms. The summed E-state index contributed by atoms with van der Waals surface area (Å²) >= 11 is 0. The molecule has 1 N–H and O–H groups in total. The summed E-state index contributed by atoms with van der Waals surface area (Å²) in [6.07, 6.45) is 1.85. The molecule has 172 valence electrons. The Morgan fingerprint density at radius 1 is 1.18 bits per heavy atom. The highest BCUT2D eigenvalue weighted by atomic mass is 19.4. The first-order chi connectivity index (χ1) is 15.9. The minimum absolute atomic E-state index is 0.00962. The molecule has 1 saturated heterocycles. The van der Waals surface area contributed by atoms with Gasteiger partial charge in [-0.1, -0.05) is 30.3 Å².